The van der Waals surface area contributed by atoms with Crippen molar-refractivity contribution in [3.8, 4) is 0 Å². The Labute approximate surface area is 125 Å². The summed E-state index contributed by atoms with van der Waals surface area (Å²) in [7, 11) is 0. The van der Waals surface area contributed by atoms with Crippen LogP contribution in [0.25, 0.3) is 0 Å². The molecule has 0 spiro atoms. The first-order valence-electron chi connectivity index (χ1n) is 7.57. The molecule has 2 rings (SSSR count). The quantitative estimate of drug-likeness (QED) is 0.337. The van der Waals surface area contributed by atoms with Crippen molar-refractivity contribution in [2.45, 2.75) is 38.5 Å². The molecule has 5 heteroatoms. The van der Waals surface area contributed by atoms with E-state index in [1.807, 2.05) is 0 Å². The van der Waals surface area contributed by atoms with Gasteiger partial charge in [-0.1, -0.05) is 49.4 Å². The van der Waals surface area contributed by atoms with Crippen LogP contribution < -0.4 is 11.1 Å². The smallest absolute Gasteiger partial charge is 0.251 e. The van der Waals surface area contributed by atoms with Gasteiger partial charge < -0.3 is 16.3 Å². The van der Waals surface area contributed by atoms with Gasteiger partial charge in [0.05, 0.1) is 0 Å². The summed E-state index contributed by atoms with van der Waals surface area (Å²) in [6.45, 7) is 0.728. The molecule has 1 fully saturated rings. The van der Waals surface area contributed by atoms with Crippen molar-refractivity contribution < 1.29 is 10.0 Å². The zero-order valence-electron chi connectivity index (χ0n) is 12.2. The maximum Gasteiger partial charge on any atom is 0.251 e. The minimum absolute atomic E-state index is 0.0410. The number of oxime groups is 1. The maximum absolute atomic E-state index is 12.0. The first-order valence-corrected chi connectivity index (χ1v) is 7.57. The normalized spacial score (nSPS) is 16.7. The first kappa shape index (κ1) is 15.4. The summed E-state index contributed by atoms with van der Waals surface area (Å²) in [5.41, 5.74) is 6.67. The van der Waals surface area contributed by atoms with Gasteiger partial charge in [0.25, 0.3) is 5.91 Å². The molecule has 0 bridgehead atoms. The van der Waals surface area contributed by atoms with Crippen molar-refractivity contribution >= 4 is 11.7 Å². The van der Waals surface area contributed by atoms with E-state index in [1.165, 1.54) is 32.1 Å². The number of amides is 1. The number of rotatable bonds is 5. The Morgan fingerprint density at radius 1 is 1.19 bits per heavy atom. The number of benzene rings is 1. The number of amidine groups is 1. The lowest BCUT2D eigenvalue weighted by atomic mass is 9.87. The fraction of sp³-hybridized carbons (Fsp3) is 0.500. The molecule has 1 aliphatic rings. The zero-order chi connectivity index (χ0) is 15.1. The van der Waals surface area contributed by atoms with E-state index >= 15 is 0 Å². The van der Waals surface area contributed by atoms with E-state index in [2.05, 4.69) is 10.5 Å². The highest BCUT2D eigenvalue weighted by molar-refractivity contribution is 5.99. The lowest BCUT2D eigenvalue weighted by Gasteiger charge is -2.21. The Morgan fingerprint density at radius 3 is 2.43 bits per heavy atom. The number of nitrogens with one attached hydrogen (secondary N) is 1. The summed E-state index contributed by atoms with van der Waals surface area (Å²) in [5, 5.41) is 14.5. The highest BCUT2D eigenvalue weighted by atomic mass is 16.4. The summed E-state index contributed by atoms with van der Waals surface area (Å²) in [6, 6.07) is 6.71. The Balaban J connectivity index is 1.80. The van der Waals surface area contributed by atoms with Gasteiger partial charge in [-0.3, -0.25) is 4.79 Å². The Bertz CT molecular complexity index is 491. The van der Waals surface area contributed by atoms with Crippen LogP contribution in [0.2, 0.25) is 0 Å². The third-order valence-electron chi connectivity index (χ3n) is 4.11. The van der Waals surface area contributed by atoms with Crippen LogP contribution in [0.4, 0.5) is 0 Å². The van der Waals surface area contributed by atoms with E-state index < -0.39 is 0 Å². The molecule has 4 N–H and O–H groups in total. The fourth-order valence-electron chi connectivity index (χ4n) is 2.82. The van der Waals surface area contributed by atoms with Gasteiger partial charge in [0, 0.05) is 17.7 Å². The van der Waals surface area contributed by atoms with Crippen LogP contribution in [0.3, 0.4) is 0 Å². The zero-order valence-corrected chi connectivity index (χ0v) is 12.2. The average Bonchev–Trinajstić information content (AvgIpc) is 2.55. The largest absolute Gasteiger partial charge is 0.409 e. The van der Waals surface area contributed by atoms with Gasteiger partial charge in [-0.05, 0) is 24.5 Å². The lowest BCUT2D eigenvalue weighted by molar-refractivity contribution is 0.0950. The van der Waals surface area contributed by atoms with Crippen molar-refractivity contribution in [1.29, 1.82) is 0 Å². The van der Waals surface area contributed by atoms with E-state index in [1.54, 1.807) is 24.3 Å². The van der Waals surface area contributed by atoms with Crippen LogP contribution in [0.15, 0.2) is 29.4 Å². The summed E-state index contributed by atoms with van der Waals surface area (Å²) in [5.74, 6) is 0.734. The molecule has 0 heterocycles. The number of nitrogens with zero attached hydrogens (tertiary/aromatic N) is 1. The molecule has 1 saturated carbocycles. The van der Waals surface area contributed by atoms with E-state index in [-0.39, 0.29) is 11.7 Å². The van der Waals surface area contributed by atoms with Crippen LogP contribution in [0.5, 0.6) is 0 Å². The molecule has 5 nitrogen and oxygen atoms in total. The SMILES string of the molecule is N/C(=N\O)c1ccc(C(=O)NCCC2CCCCC2)cc1. The molecule has 0 aliphatic heterocycles. The van der Waals surface area contributed by atoms with Crippen LogP contribution in [0, 0.1) is 5.92 Å². The summed E-state index contributed by atoms with van der Waals surface area (Å²) in [6.07, 6.45) is 7.67. The number of hydrogen-bond acceptors (Lipinski definition) is 3. The minimum atomic E-state index is -0.0723. The second-order valence-electron chi connectivity index (χ2n) is 5.61. The van der Waals surface area contributed by atoms with Crippen LogP contribution in [0.1, 0.15) is 54.4 Å². The maximum atomic E-state index is 12.0. The molecule has 0 atom stereocenters. The molecule has 0 aromatic heterocycles. The fourth-order valence-corrected chi connectivity index (χ4v) is 2.82. The van der Waals surface area contributed by atoms with Gasteiger partial charge >= 0.3 is 0 Å². The van der Waals surface area contributed by atoms with Gasteiger partial charge in [-0.25, -0.2) is 0 Å². The summed E-state index contributed by atoms with van der Waals surface area (Å²) in [4.78, 5) is 12.0. The van der Waals surface area contributed by atoms with E-state index in [4.69, 9.17) is 10.9 Å². The first-order chi connectivity index (χ1) is 10.2. The predicted molar refractivity (Wildman–Crippen MR) is 82.5 cm³/mol. The third kappa shape index (κ3) is 4.48. The van der Waals surface area contributed by atoms with Gasteiger partial charge in [-0.15, -0.1) is 0 Å². The topological polar surface area (TPSA) is 87.7 Å². The molecular weight excluding hydrogens is 266 g/mol. The van der Waals surface area contributed by atoms with Gasteiger partial charge in [0.2, 0.25) is 0 Å². The highest BCUT2D eigenvalue weighted by Gasteiger charge is 2.13. The van der Waals surface area contributed by atoms with Gasteiger partial charge in [0.15, 0.2) is 5.84 Å². The standard InChI is InChI=1S/C16H23N3O2/c17-15(19-21)13-6-8-14(9-7-13)16(20)18-11-10-12-4-2-1-3-5-12/h6-9,12,21H,1-5,10-11H2,(H2,17,19)(H,18,20). The van der Waals surface area contributed by atoms with Crippen LogP contribution >= 0.6 is 0 Å². The third-order valence-corrected chi connectivity index (χ3v) is 4.11. The molecule has 0 radical (unpaired) electrons. The van der Waals surface area contributed by atoms with Gasteiger partial charge in [0.1, 0.15) is 0 Å². The van der Waals surface area contributed by atoms with Crippen molar-refractivity contribution in [2.75, 3.05) is 6.54 Å². The summed E-state index contributed by atoms with van der Waals surface area (Å²) < 4.78 is 0. The van der Waals surface area contributed by atoms with Crippen LogP contribution in [-0.2, 0) is 0 Å². The molecule has 114 valence electrons. The number of carbonyl (C=O) groups excluding carboxylic acids is 1. The number of hydrogen-bond donors (Lipinski definition) is 3. The molecule has 1 aromatic rings. The molecule has 1 aromatic carbocycles. The Hall–Kier alpha value is -2.04. The lowest BCUT2D eigenvalue weighted by Crippen LogP contribution is -2.26. The highest BCUT2D eigenvalue weighted by Crippen LogP contribution is 2.25. The van der Waals surface area contributed by atoms with Crippen molar-refractivity contribution in [3.63, 3.8) is 0 Å². The molecule has 1 aliphatic carbocycles. The number of nitrogens with two attached hydrogens (primary N) is 1. The molecule has 21 heavy (non-hydrogen) atoms. The number of carbonyl (C=O) groups is 1. The minimum Gasteiger partial charge on any atom is -0.409 e. The summed E-state index contributed by atoms with van der Waals surface area (Å²) >= 11 is 0. The Morgan fingerprint density at radius 2 is 1.81 bits per heavy atom. The second-order valence-corrected chi connectivity index (χ2v) is 5.61. The van der Waals surface area contributed by atoms with E-state index in [0.717, 1.165) is 18.9 Å². The average molecular weight is 289 g/mol. The molecular formula is C16H23N3O2. The van der Waals surface area contributed by atoms with E-state index in [0.29, 0.717) is 11.1 Å². The second kappa shape index (κ2) is 7.67. The monoisotopic (exact) mass is 289 g/mol. The Kier molecular flexibility index (Phi) is 5.60. The van der Waals surface area contributed by atoms with Crippen LogP contribution in [-0.4, -0.2) is 23.5 Å². The van der Waals surface area contributed by atoms with E-state index in [9.17, 15) is 4.79 Å². The van der Waals surface area contributed by atoms with Crippen molar-refractivity contribution in [2.24, 2.45) is 16.8 Å². The molecule has 0 saturated heterocycles. The van der Waals surface area contributed by atoms with Gasteiger partial charge in [-0.2, -0.15) is 0 Å². The van der Waals surface area contributed by atoms with Crippen molar-refractivity contribution in [1.82, 2.24) is 5.32 Å². The predicted octanol–water partition coefficient (Wildman–Crippen LogP) is 2.48. The molecule has 0 unspecified atom stereocenters. The van der Waals surface area contributed by atoms with Crippen molar-refractivity contribution in [3.05, 3.63) is 35.4 Å². The molecule has 1 amide bonds.